The molecule has 1 heterocycles. The molecule has 4 nitrogen and oxygen atoms in total. The van der Waals surface area contributed by atoms with Gasteiger partial charge < -0.3 is 10.0 Å². The smallest absolute Gasteiger partial charge is 0.336 e. The molecule has 0 radical (unpaired) electrons. The number of thiazole rings is 1. The number of benzene rings is 1. The highest BCUT2D eigenvalue weighted by Crippen LogP contribution is 2.25. The molecule has 0 aliphatic carbocycles. The SMILES string of the molecule is Cc1ncsc1CN(C)c1ccc(C(=O)O)c(Br)c1. The van der Waals surface area contributed by atoms with Crippen molar-refractivity contribution in [3.63, 3.8) is 0 Å². The van der Waals surface area contributed by atoms with Crippen LogP contribution in [0.25, 0.3) is 0 Å². The zero-order chi connectivity index (χ0) is 14.0. The number of carboxylic acids is 1. The lowest BCUT2D eigenvalue weighted by molar-refractivity contribution is 0.0696. The van der Waals surface area contributed by atoms with E-state index in [1.165, 1.54) is 4.88 Å². The van der Waals surface area contributed by atoms with E-state index in [0.717, 1.165) is 17.9 Å². The summed E-state index contributed by atoms with van der Waals surface area (Å²) in [5.74, 6) is -0.931. The molecule has 0 saturated carbocycles. The minimum absolute atomic E-state index is 0.270. The Morgan fingerprint density at radius 1 is 1.53 bits per heavy atom. The molecule has 0 aliphatic rings. The Morgan fingerprint density at radius 3 is 2.79 bits per heavy atom. The lowest BCUT2D eigenvalue weighted by Gasteiger charge is -2.19. The molecular formula is C13H13BrN2O2S. The third kappa shape index (κ3) is 3.13. The molecule has 2 rings (SSSR count). The first-order valence-electron chi connectivity index (χ1n) is 5.62. The quantitative estimate of drug-likeness (QED) is 0.924. The number of nitrogens with zero attached hydrogens (tertiary/aromatic N) is 2. The molecule has 0 amide bonds. The summed E-state index contributed by atoms with van der Waals surface area (Å²) in [6, 6.07) is 5.24. The van der Waals surface area contributed by atoms with Crippen LogP contribution in [0.15, 0.2) is 28.2 Å². The Labute approximate surface area is 123 Å². The number of halogens is 1. The van der Waals surface area contributed by atoms with Crippen molar-refractivity contribution < 1.29 is 9.90 Å². The predicted octanol–water partition coefficient (Wildman–Crippen LogP) is 3.55. The normalized spacial score (nSPS) is 10.5. The van der Waals surface area contributed by atoms with Gasteiger partial charge in [-0.1, -0.05) is 0 Å². The summed E-state index contributed by atoms with van der Waals surface area (Å²) in [7, 11) is 1.97. The molecule has 0 saturated heterocycles. The Balaban J connectivity index is 2.20. The van der Waals surface area contributed by atoms with E-state index in [1.54, 1.807) is 17.4 Å². The summed E-state index contributed by atoms with van der Waals surface area (Å²) in [6.45, 7) is 2.75. The zero-order valence-electron chi connectivity index (χ0n) is 10.6. The van der Waals surface area contributed by atoms with Crippen LogP contribution in [-0.2, 0) is 6.54 Å². The minimum atomic E-state index is -0.931. The molecule has 6 heteroatoms. The van der Waals surface area contributed by atoms with Crippen molar-refractivity contribution in [2.45, 2.75) is 13.5 Å². The maximum Gasteiger partial charge on any atom is 0.336 e. The fourth-order valence-corrected chi connectivity index (χ4v) is 3.07. The van der Waals surface area contributed by atoms with Gasteiger partial charge in [0.25, 0.3) is 0 Å². The monoisotopic (exact) mass is 340 g/mol. The van der Waals surface area contributed by atoms with Crippen LogP contribution in [-0.4, -0.2) is 23.1 Å². The van der Waals surface area contributed by atoms with Gasteiger partial charge in [-0.2, -0.15) is 0 Å². The number of hydrogen-bond acceptors (Lipinski definition) is 4. The van der Waals surface area contributed by atoms with Gasteiger partial charge in [0.1, 0.15) is 0 Å². The predicted molar refractivity (Wildman–Crippen MR) is 80.1 cm³/mol. The molecule has 0 unspecified atom stereocenters. The maximum absolute atomic E-state index is 11.0. The molecule has 1 aromatic carbocycles. The molecule has 0 bridgehead atoms. The van der Waals surface area contributed by atoms with Crippen molar-refractivity contribution in [1.29, 1.82) is 0 Å². The zero-order valence-corrected chi connectivity index (χ0v) is 13.0. The molecule has 2 aromatic rings. The van der Waals surface area contributed by atoms with E-state index in [-0.39, 0.29) is 5.56 Å². The Hall–Kier alpha value is -1.40. The summed E-state index contributed by atoms with van der Waals surface area (Å²) in [6.07, 6.45) is 0. The topological polar surface area (TPSA) is 53.4 Å². The van der Waals surface area contributed by atoms with Crippen molar-refractivity contribution in [3.05, 3.63) is 44.3 Å². The standard InChI is InChI=1S/C13H13BrN2O2S/c1-8-12(19-7-15-8)6-16(2)9-3-4-10(13(17)18)11(14)5-9/h3-5,7H,6H2,1-2H3,(H,17,18). The van der Waals surface area contributed by atoms with E-state index in [9.17, 15) is 4.79 Å². The molecule has 0 aliphatic heterocycles. The Bertz CT molecular complexity index is 612. The van der Waals surface area contributed by atoms with Crippen molar-refractivity contribution in [3.8, 4) is 0 Å². The van der Waals surface area contributed by atoms with Gasteiger partial charge in [-0.3, -0.25) is 0 Å². The first-order chi connectivity index (χ1) is 8.99. The maximum atomic E-state index is 11.0. The number of anilines is 1. The second kappa shape index (κ2) is 5.71. The van der Waals surface area contributed by atoms with Crippen LogP contribution in [0.2, 0.25) is 0 Å². The van der Waals surface area contributed by atoms with Gasteiger partial charge in [-0.25, -0.2) is 9.78 Å². The van der Waals surface area contributed by atoms with Crippen molar-refractivity contribution in [2.75, 3.05) is 11.9 Å². The highest BCUT2D eigenvalue weighted by atomic mass is 79.9. The Kier molecular flexibility index (Phi) is 4.21. The van der Waals surface area contributed by atoms with E-state index < -0.39 is 5.97 Å². The van der Waals surface area contributed by atoms with Gasteiger partial charge >= 0.3 is 5.97 Å². The third-order valence-corrected chi connectivity index (χ3v) is 4.43. The summed E-state index contributed by atoms with van der Waals surface area (Å²) in [5.41, 5.74) is 4.11. The van der Waals surface area contributed by atoms with Crippen molar-refractivity contribution >= 4 is 38.9 Å². The molecule has 0 fully saturated rings. The van der Waals surface area contributed by atoms with E-state index in [1.807, 2.05) is 31.6 Å². The van der Waals surface area contributed by atoms with Crippen LogP contribution in [0, 0.1) is 6.92 Å². The summed E-state index contributed by atoms with van der Waals surface area (Å²) in [4.78, 5) is 18.5. The molecule has 0 atom stereocenters. The highest BCUT2D eigenvalue weighted by molar-refractivity contribution is 9.10. The average Bonchev–Trinajstić information content (AvgIpc) is 2.74. The van der Waals surface area contributed by atoms with Gasteiger partial charge in [0.05, 0.1) is 23.3 Å². The van der Waals surface area contributed by atoms with Crippen LogP contribution in [0.5, 0.6) is 0 Å². The average molecular weight is 341 g/mol. The van der Waals surface area contributed by atoms with Crippen LogP contribution in [0.1, 0.15) is 20.9 Å². The lowest BCUT2D eigenvalue weighted by Crippen LogP contribution is -2.16. The number of aromatic nitrogens is 1. The molecule has 0 spiro atoms. The number of rotatable bonds is 4. The number of carboxylic acid groups (broad SMARTS) is 1. The minimum Gasteiger partial charge on any atom is -0.478 e. The Morgan fingerprint density at radius 2 is 2.26 bits per heavy atom. The lowest BCUT2D eigenvalue weighted by atomic mass is 10.2. The number of aryl methyl sites for hydroxylation is 1. The number of hydrogen-bond donors (Lipinski definition) is 1. The summed E-state index contributed by atoms with van der Waals surface area (Å²) in [5, 5.41) is 8.99. The third-order valence-electron chi connectivity index (χ3n) is 2.85. The summed E-state index contributed by atoms with van der Waals surface area (Å²) < 4.78 is 0.588. The summed E-state index contributed by atoms with van der Waals surface area (Å²) >= 11 is 4.92. The number of carbonyl (C=O) groups is 1. The van der Waals surface area contributed by atoms with Gasteiger partial charge in [0, 0.05) is 22.1 Å². The van der Waals surface area contributed by atoms with Crippen molar-refractivity contribution in [1.82, 2.24) is 4.98 Å². The van der Waals surface area contributed by atoms with Crippen LogP contribution in [0.3, 0.4) is 0 Å². The van der Waals surface area contributed by atoms with Crippen LogP contribution < -0.4 is 4.90 Å². The van der Waals surface area contributed by atoms with Gasteiger partial charge in [0.2, 0.25) is 0 Å². The number of aromatic carboxylic acids is 1. The largest absolute Gasteiger partial charge is 0.478 e. The molecule has 1 aromatic heterocycles. The van der Waals surface area contributed by atoms with E-state index >= 15 is 0 Å². The fourth-order valence-electron chi connectivity index (χ4n) is 1.70. The molecule has 1 N–H and O–H groups in total. The van der Waals surface area contributed by atoms with Crippen molar-refractivity contribution in [2.24, 2.45) is 0 Å². The molecule has 19 heavy (non-hydrogen) atoms. The van der Waals surface area contributed by atoms with Crippen LogP contribution in [0.4, 0.5) is 5.69 Å². The molecule has 100 valence electrons. The van der Waals surface area contributed by atoms with E-state index in [4.69, 9.17) is 5.11 Å². The van der Waals surface area contributed by atoms with E-state index in [2.05, 4.69) is 25.8 Å². The van der Waals surface area contributed by atoms with Gasteiger partial charge in [0.15, 0.2) is 0 Å². The van der Waals surface area contributed by atoms with Gasteiger partial charge in [-0.15, -0.1) is 11.3 Å². The first-order valence-corrected chi connectivity index (χ1v) is 7.29. The fraction of sp³-hybridized carbons (Fsp3) is 0.231. The second-order valence-corrected chi connectivity index (χ2v) is 5.98. The van der Waals surface area contributed by atoms with Crippen LogP contribution >= 0.6 is 27.3 Å². The second-order valence-electron chi connectivity index (χ2n) is 4.19. The highest BCUT2D eigenvalue weighted by Gasteiger charge is 2.11. The first kappa shape index (κ1) is 14.0. The molecular weight excluding hydrogens is 328 g/mol. The van der Waals surface area contributed by atoms with Gasteiger partial charge in [-0.05, 0) is 41.1 Å². The van der Waals surface area contributed by atoms with E-state index in [0.29, 0.717) is 4.47 Å².